The van der Waals surface area contributed by atoms with Crippen molar-refractivity contribution in [3.05, 3.63) is 29.1 Å². The topological polar surface area (TPSA) is 89.3 Å². The van der Waals surface area contributed by atoms with E-state index >= 15 is 0 Å². The lowest BCUT2D eigenvalue weighted by Gasteiger charge is -2.28. The first-order chi connectivity index (χ1) is 9.54. The molecule has 1 aromatic rings. The summed E-state index contributed by atoms with van der Waals surface area (Å²) in [6, 6.07) is 2.28. The molecule has 0 saturated heterocycles. The Labute approximate surface area is 124 Å². The number of nitrogens with two attached hydrogens (primary N) is 1. The fraction of sp³-hybridized carbons (Fsp3) is 0.500. The summed E-state index contributed by atoms with van der Waals surface area (Å²) in [6.07, 6.45) is 1.44. The molecule has 0 fully saturated rings. The second-order valence-electron chi connectivity index (χ2n) is 5.37. The maximum absolute atomic E-state index is 13.8. The Balaban J connectivity index is 3.27. The number of aryl methyl sites for hydroxylation is 1. The van der Waals surface area contributed by atoms with E-state index < -0.39 is 32.2 Å². The van der Waals surface area contributed by atoms with Crippen LogP contribution in [-0.2, 0) is 10.0 Å². The largest absolute Gasteiger partial charge is 0.347 e. The van der Waals surface area contributed by atoms with Crippen LogP contribution < -0.4 is 10.5 Å². The Morgan fingerprint density at radius 1 is 1.33 bits per heavy atom. The molecule has 21 heavy (non-hydrogen) atoms. The third-order valence-corrected chi connectivity index (χ3v) is 4.68. The molecular weight excluding hydrogens is 295 g/mol. The smallest absolute Gasteiger partial charge is 0.251 e. The van der Waals surface area contributed by atoms with E-state index in [2.05, 4.69) is 5.32 Å². The molecule has 118 valence electrons. The lowest BCUT2D eigenvalue weighted by atomic mass is 9.95. The van der Waals surface area contributed by atoms with Crippen LogP contribution in [-0.4, -0.2) is 19.9 Å². The molecule has 3 N–H and O–H groups in total. The van der Waals surface area contributed by atoms with Crippen molar-refractivity contribution in [2.75, 3.05) is 0 Å². The van der Waals surface area contributed by atoms with Gasteiger partial charge in [0.25, 0.3) is 5.91 Å². The molecule has 5 nitrogen and oxygen atoms in total. The molecule has 1 amide bonds. The fourth-order valence-corrected chi connectivity index (χ4v) is 2.55. The second kappa shape index (κ2) is 6.11. The number of amides is 1. The summed E-state index contributed by atoms with van der Waals surface area (Å²) in [4.78, 5) is 11.6. The number of rotatable bonds is 5. The number of nitrogens with one attached hydrogen (secondary N) is 1. The molecule has 0 bridgehead atoms. The minimum Gasteiger partial charge on any atom is -0.347 e. The van der Waals surface area contributed by atoms with E-state index in [4.69, 9.17) is 5.14 Å². The number of carbonyl (C=O) groups excluding carboxylic acids is 1. The molecule has 0 heterocycles. The lowest BCUT2D eigenvalue weighted by molar-refractivity contribution is 0.0900. The van der Waals surface area contributed by atoms with Crippen molar-refractivity contribution in [1.29, 1.82) is 0 Å². The van der Waals surface area contributed by atoms with E-state index in [-0.39, 0.29) is 11.1 Å². The van der Waals surface area contributed by atoms with E-state index in [1.165, 1.54) is 13.0 Å². The van der Waals surface area contributed by atoms with Crippen LogP contribution in [0.3, 0.4) is 0 Å². The summed E-state index contributed by atoms with van der Waals surface area (Å²) < 4.78 is 36.6. The van der Waals surface area contributed by atoms with Crippen molar-refractivity contribution < 1.29 is 17.6 Å². The average Bonchev–Trinajstić information content (AvgIpc) is 2.40. The summed E-state index contributed by atoms with van der Waals surface area (Å²) in [6.45, 7) is 7.16. The van der Waals surface area contributed by atoms with Gasteiger partial charge in [0.15, 0.2) is 0 Å². The van der Waals surface area contributed by atoms with Gasteiger partial charge in [0, 0.05) is 11.1 Å². The molecule has 0 spiro atoms. The molecule has 0 aliphatic heterocycles. The van der Waals surface area contributed by atoms with Crippen molar-refractivity contribution in [3.8, 4) is 0 Å². The first-order valence-corrected chi connectivity index (χ1v) is 8.24. The van der Waals surface area contributed by atoms with Gasteiger partial charge in [0.2, 0.25) is 10.0 Å². The maximum atomic E-state index is 13.8. The van der Waals surface area contributed by atoms with Gasteiger partial charge < -0.3 is 5.32 Å². The minimum absolute atomic E-state index is 0.0568. The molecule has 0 aromatic heterocycles. The molecule has 0 radical (unpaired) electrons. The van der Waals surface area contributed by atoms with Crippen LogP contribution in [0.4, 0.5) is 4.39 Å². The Morgan fingerprint density at radius 2 is 1.86 bits per heavy atom. The first kappa shape index (κ1) is 17.6. The van der Waals surface area contributed by atoms with E-state index in [1.807, 2.05) is 20.8 Å². The Kier molecular flexibility index (Phi) is 5.11. The first-order valence-electron chi connectivity index (χ1n) is 6.69. The number of sulfonamides is 1. The van der Waals surface area contributed by atoms with Crippen LogP contribution in [0.5, 0.6) is 0 Å². The summed E-state index contributed by atoms with van der Waals surface area (Å²) >= 11 is 0. The van der Waals surface area contributed by atoms with Crippen molar-refractivity contribution in [2.45, 2.75) is 51.0 Å². The van der Waals surface area contributed by atoms with Crippen LogP contribution in [0.15, 0.2) is 17.0 Å². The number of carbonyl (C=O) groups is 1. The highest BCUT2D eigenvalue weighted by molar-refractivity contribution is 7.89. The number of hydrogen-bond acceptors (Lipinski definition) is 3. The van der Waals surface area contributed by atoms with Crippen LogP contribution in [0, 0.1) is 12.7 Å². The Morgan fingerprint density at radius 3 is 2.29 bits per heavy atom. The third-order valence-electron chi connectivity index (χ3n) is 3.77. The van der Waals surface area contributed by atoms with E-state index in [0.29, 0.717) is 0 Å². The highest BCUT2D eigenvalue weighted by Gasteiger charge is 2.25. The van der Waals surface area contributed by atoms with Crippen molar-refractivity contribution in [1.82, 2.24) is 5.32 Å². The molecule has 1 rings (SSSR count). The lowest BCUT2D eigenvalue weighted by Crippen LogP contribution is -2.45. The van der Waals surface area contributed by atoms with Crippen molar-refractivity contribution in [3.63, 3.8) is 0 Å². The maximum Gasteiger partial charge on any atom is 0.251 e. The molecule has 0 aliphatic rings. The molecule has 0 unspecified atom stereocenters. The monoisotopic (exact) mass is 316 g/mol. The average molecular weight is 316 g/mol. The van der Waals surface area contributed by atoms with Gasteiger partial charge in [-0.15, -0.1) is 0 Å². The van der Waals surface area contributed by atoms with Gasteiger partial charge in [-0.2, -0.15) is 0 Å². The van der Waals surface area contributed by atoms with Gasteiger partial charge in [0.05, 0.1) is 0 Å². The molecule has 7 heteroatoms. The molecule has 0 atom stereocenters. The van der Waals surface area contributed by atoms with Gasteiger partial charge in [-0.1, -0.05) is 13.8 Å². The van der Waals surface area contributed by atoms with Crippen LogP contribution in [0.1, 0.15) is 49.5 Å². The fourth-order valence-electron chi connectivity index (χ4n) is 1.85. The standard InChI is InChI=1S/C14H21FN2O3S/c1-5-14(4,6-2)17-13(18)10-7-9(3)12(15)11(8-10)21(16,19)20/h7-8H,5-6H2,1-4H3,(H,17,18)(H2,16,19,20). The van der Waals surface area contributed by atoms with E-state index in [1.54, 1.807) is 0 Å². The zero-order valence-corrected chi connectivity index (χ0v) is 13.5. The number of hydrogen-bond donors (Lipinski definition) is 2. The van der Waals surface area contributed by atoms with Crippen LogP contribution in [0.25, 0.3) is 0 Å². The third kappa shape index (κ3) is 4.01. The minimum atomic E-state index is -4.22. The Hall–Kier alpha value is -1.47. The predicted molar refractivity (Wildman–Crippen MR) is 79.0 cm³/mol. The molecule has 0 saturated carbocycles. The second-order valence-corrected chi connectivity index (χ2v) is 6.90. The quantitative estimate of drug-likeness (QED) is 0.871. The predicted octanol–water partition coefficient (Wildman–Crippen LogP) is 2.09. The summed E-state index contributed by atoms with van der Waals surface area (Å²) in [5.41, 5.74) is -0.270. The van der Waals surface area contributed by atoms with E-state index in [0.717, 1.165) is 18.9 Å². The zero-order valence-electron chi connectivity index (χ0n) is 12.7. The summed E-state index contributed by atoms with van der Waals surface area (Å²) in [5, 5.41) is 7.81. The normalized spacial score (nSPS) is 12.3. The highest BCUT2D eigenvalue weighted by atomic mass is 32.2. The van der Waals surface area contributed by atoms with Gasteiger partial charge in [-0.3, -0.25) is 4.79 Å². The van der Waals surface area contributed by atoms with Crippen molar-refractivity contribution >= 4 is 15.9 Å². The summed E-state index contributed by atoms with van der Waals surface area (Å²) in [5.74, 6) is -1.38. The van der Waals surface area contributed by atoms with Gasteiger partial charge in [-0.05, 0) is 44.4 Å². The van der Waals surface area contributed by atoms with Gasteiger partial charge in [0.1, 0.15) is 10.7 Å². The van der Waals surface area contributed by atoms with Gasteiger partial charge >= 0.3 is 0 Å². The van der Waals surface area contributed by atoms with E-state index in [9.17, 15) is 17.6 Å². The summed E-state index contributed by atoms with van der Waals surface area (Å²) in [7, 11) is -4.22. The number of benzene rings is 1. The van der Waals surface area contributed by atoms with Crippen molar-refractivity contribution in [2.24, 2.45) is 5.14 Å². The number of primary sulfonamides is 1. The molecule has 1 aromatic carbocycles. The molecular formula is C14H21FN2O3S. The van der Waals surface area contributed by atoms with Crippen LogP contribution in [0.2, 0.25) is 0 Å². The highest BCUT2D eigenvalue weighted by Crippen LogP contribution is 2.21. The Bertz CT molecular complexity index is 652. The molecule has 0 aliphatic carbocycles. The van der Waals surface area contributed by atoms with Crippen LogP contribution >= 0.6 is 0 Å². The zero-order chi connectivity index (χ0) is 16.4. The number of halogens is 1. The SMILES string of the molecule is CCC(C)(CC)NC(=O)c1cc(C)c(F)c(S(N)(=O)=O)c1. The van der Waals surface area contributed by atoms with Gasteiger partial charge in [-0.25, -0.2) is 17.9 Å².